The summed E-state index contributed by atoms with van der Waals surface area (Å²) >= 11 is 0. The van der Waals surface area contributed by atoms with Crippen LogP contribution in [0.5, 0.6) is 0 Å². The maximum Gasteiger partial charge on any atom is 0.339 e. The molecule has 0 fully saturated rings. The lowest BCUT2D eigenvalue weighted by atomic mass is 9.92. The molecule has 0 radical (unpaired) electrons. The number of esters is 1. The molecule has 1 amide bonds. The van der Waals surface area contributed by atoms with Crippen molar-refractivity contribution in [3.63, 3.8) is 0 Å². The smallest absolute Gasteiger partial charge is 0.339 e. The first kappa shape index (κ1) is 20.4. The summed E-state index contributed by atoms with van der Waals surface area (Å²) in [5.74, 6) is -0.359. The van der Waals surface area contributed by atoms with Crippen LogP contribution >= 0.6 is 0 Å². The Balaban J connectivity index is 1.22. The standard InChI is InChI=1S/C28H23N3O3/c32-27(31-13-10-18(11-14-31)24-17-30-26-23(24)7-4-12-29-26)20-8-9-22-21(15-20)16-25(34-28(22)33)19-5-2-1-3-6-19/h1-10,12,15,17,25H,11,13-14,16H2,(H,29,30). The van der Waals surface area contributed by atoms with Crippen LogP contribution in [-0.4, -0.2) is 39.8 Å². The molecular formula is C28H23N3O3. The number of rotatable bonds is 3. The molecule has 2 aromatic carbocycles. The van der Waals surface area contributed by atoms with Crippen molar-refractivity contribution < 1.29 is 14.3 Å². The van der Waals surface area contributed by atoms with E-state index in [0.29, 0.717) is 30.6 Å². The number of carbonyl (C=O) groups excluding carboxylic acids is 2. The number of nitrogens with zero attached hydrogens (tertiary/aromatic N) is 2. The molecule has 2 aromatic heterocycles. The van der Waals surface area contributed by atoms with Gasteiger partial charge in [0, 0.05) is 48.4 Å². The summed E-state index contributed by atoms with van der Waals surface area (Å²) in [5, 5.41) is 1.10. The van der Waals surface area contributed by atoms with E-state index in [1.807, 2.05) is 53.6 Å². The van der Waals surface area contributed by atoms with E-state index < -0.39 is 0 Å². The second-order valence-electron chi connectivity index (χ2n) is 8.71. The molecule has 6 rings (SSSR count). The van der Waals surface area contributed by atoms with Crippen LogP contribution < -0.4 is 0 Å². The van der Waals surface area contributed by atoms with Gasteiger partial charge in [-0.25, -0.2) is 9.78 Å². The lowest BCUT2D eigenvalue weighted by Crippen LogP contribution is -2.35. The fraction of sp³-hybridized carbons (Fsp3) is 0.179. The van der Waals surface area contributed by atoms with Crippen LogP contribution in [0.2, 0.25) is 0 Å². The normalized spacial score (nSPS) is 17.8. The summed E-state index contributed by atoms with van der Waals surface area (Å²) in [6.07, 6.45) is 6.90. The summed E-state index contributed by atoms with van der Waals surface area (Å²) in [7, 11) is 0. The first-order chi connectivity index (χ1) is 16.7. The molecule has 6 heteroatoms. The van der Waals surface area contributed by atoms with Gasteiger partial charge in [-0.2, -0.15) is 0 Å². The summed E-state index contributed by atoms with van der Waals surface area (Å²) < 4.78 is 5.64. The van der Waals surface area contributed by atoms with Gasteiger partial charge in [0.05, 0.1) is 5.56 Å². The minimum absolute atomic E-state index is 0.0195. The SMILES string of the molecule is O=C1OC(c2ccccc2)Cc2cc(C(=O)N3CC=C(c4c[nH]c5ncccc45)CC3)ccc21. The van der Waals surface area contributed by atoms with Gasteiger partial charge >= 0.3 is 5.97 Å². The van der Waals surface area contributed by atoms with Gasteiger partial charge in [-0.05, 0) is 53.5 Å². The number of amides is 1. The Morgan fingerprint density at radius 3 is 2.76 bits per heavy atom. The number of benzene rings is 2. The number of carbonyl (C=O) groups is 2. The average Bonchev–Trinajstić information content (AvgIpc) is 3.33. The van der Waals surface area contributed by atoms with Gasteiger partial charge in [0.25, 0.3) is 5.91 Å². The summed E-state index contributed by atoms with van der Waals surface area (Å²) in [5.41, 5.74) is 6.20. The predicted octanol–water partition coefficient (Wildman–Crippen LogP) is 4.95. The van der Waals surface area contributed by atoms with Crippen molar-refractivity contribution in [3.05, 3.63) is 107 Å². The number of hydrogen-bond acceptors (Lipinski definition) is 4. The first-order valence-electron chi connectivity index (χ1n) is 11.5. The lowest BCUT2D eigenvalue weighted by molar-refractivity contribution is 0.0252. The van der Waals surface area contributed by atoms with Crippen LogP contribution in [0.25, 0.3) is 16.6 Å². The molecule has 2 aliphatic rings. The van der Waals surface area contributed by atoms with Crippen LogP contribution in [0.1, 0.15) is 49.9 Å². The van der Waals surface area contributed by atoms with Crippen LogP contribution in [0.15, 0.2) is 79.1 Å². The van der Waals surface area contributed by atoms with Crippen LogP contribution in [0.3, 0.4) is 0 Å². The quantitative estimate of drug-likeness (QED) is 0.449. The van der Waals surface area contributed by atoms with Crippen LogP contribution in [0, 0.1) is 0 Å². The third-order valence-electron chi connectivity index (χ3n) is 6.69. The minimum Gasteiger partial charge on any atom is -0.454 e. The highest BCUT2D eigenvalue weighted by Crippen LogP contribution is 2.32. The third kappa shape index (κ3) is 3.57. The Morgan fingerprint density at radius 2 is 1.94 bits per heavy atom. The Bertz CT molecular complexity index is 1440. The van der Waals surface area contributed by atoms with Crippen molar-refractivity contribution >= 4 is 28.5 Å². The maximum atomic E-state index is 13.3. The Hall–Kier alpha value is -4.19. The molecule has 34 heavy (non-hydrogen) atoms. The Morgan fingerprint density at radius 1 is 1.06 bits per heavy atom. The zero-order valence-corrected chi connectivity index (χ0v) is 18.5. The predicted molar refractivity (Wildman–Crippen MR) is 129 cm³/mol. The molecule has 6 nitrogen and oxygen atoms in total. The molecule has 0 spiro atoms. The second-order valence-corrected chi connectivity index (χ2v) is 8.71. The number of nitrogens with one attached hydrogen (secondary N) is 1. The Kier molecular flexibility index (Phi) is 4.99. The molecule has 1 atom stereocenters. The zero-order chi connectivity index (χ0) is 23.1. The summed E-state index contributed by atoms with van der Waals surface area (Å²) in [4.78, 5) is 35.3. The van der Waals surface area contributed by atoms with E-state index in [-0.39, 0.29) is 18.0 Å². The van der Waals surface area contributed by atoms with Gasteiger partial charge in [-0.1, -0.05) is 36.4 Å². The number of pyridine rings is 1. The van der Waals surface area contributed by atoms with Crippen molar-refractivity contribution in [1.29, 1.82) is 0 Å². The van der Waals surface area contributed by atoms with E-state index >= 15 is 0 Å². The second kappa shape index (κ2) is 8.30. The van der Waals surface area contributed by atoms with Crippen molar-refractivity contribution in [2.75, 3.05) is 13.1 Å². The van der Waals surface area contributed by atoms with E-state index in [4.69, 9.17) is 4.74 Å². The fourth-order valence-electron chi connectivity index (χ4n) is 4.88. The van der Waals surface area contributed by atoms with Crippen LogP contribution in [-0.2, 0) is 11.2 Å². The molecule has 4 aromatic rings. The topological polar surface area (TPSA) is 75.3 Å². The highest BCUT2D eigenvalue weighted by atomic mass is 16.5. The van der Waals surface area contributed by atoms with Crippen molar-refractivity contribution in [2.24, 2.45) is 0 Å². The van der Waals surface area contributed by atoms with E-state index in [2.05, 4.69) is 22.1 Å². The number of ether oxygens (including phenoxy) is 1. The molecular weight excluding hydrogens is 426 g/mol. The van der Waals surface area contributed by atoms with Gasteiger partial charge in [0.1, 0.15) is 11.8 Å². The van der Waals surface area contributed by atoms with Gasteiger partial charge in [-0.3, -0.25) is 4.79 Å². The van der Waals surface area contributed by atoms with Crippen molar-refractivity contribution in [2.45, 2.75) is 18.9 Å². The van der Waals surface area contributed by atoms with Crippen molar-refractivity contribution in [1.82, 2.24) is 14.9 Å². The van der Waals surface area contributed by atoms with Gasteiger partial charge < -0.3 is 14.6 Å². The largest absolute Gasteiger partial charge is 0.454 e. The van der Waals surface area contributed by atoms with Crippen molar-refractivity contribution in [3.8, 4) is 0 Å². The molecule has 0 saturated heterocycles. The number of H-pyrrole nitrogens is 1. The molecule has 1 unspecified atom stereocenters. The van der Waals surface area contributed by atoms with E-state index in [0.717, 1.165) is 34.1 Å². The molecule has 0 aliphatic carbocycles. The Labute approximate surface area is 196 Å². The van der Waals surface area contributed by atoms with Gasteiger partial charge in [0.2, 0.25) is 0 Å². The average molecular weight is 450 g/mol. The summed E-state index contributed by atoms with van der Waals surface area (Å²) in [6, 6.07) is 19.0. The maximum absolute atomic E-state index is 13.3. The zero-order valence-electron chi connectivity index (χ0n) is 18.5. The van der Waals surface area contributed by atoms with E-state index in [1.54, 1.807) is 18.3 Å². The molecule has 168 valence electrons. The number of cyclic esters (lactones) is 1. The van der Waals surface area contributed by atoms with E-state index in [9.17, 15) is 9.59 Å². The molecule has 0 bridgehead atoms. The lowest BCUT2D eigenvalue weighted by Gasteiger charge is -2.28. The minimum atomic E-state index is -0.340. The molecule has 0 saturated carbocycles. The first-order valence-corrected chi connectivity index (χ1v) is 11.5. The number of hydrogen-bond donors (Lipinski definition) is 1. The molecule has 1 N–H and O–H groups in total. The van der Waals surface area contributed by atoms with Gasteiger partial charge in [0.15, 0.2) is 0 Å². The number of aromatic amines is 1. The summed E-state index contributed by atoms with van der Waals surface area (Å²) in [6.45, 7) is 1.19. The highest BCUT2D eigenvalue weighted by molar-refractivity contribution is 5.98. The highest BCUT2D eigenvalue weighted by Gasteiger charge is 2.29. The monoisotopic (exact) mass is 449 g/mol. The molecule has 2 aliphatic heterocycles. The number of aromatic nitrogens is 2. The van der Waals surface area contributed by atoms with Crippen LogP contribution in [0.4, 0.5) is 0 Å². The molecule has 4 heterocycles. The number of fused-ring (bicyclic) bond motifs is 2. The third-order valence-corrected chi connectivity index (χ3v) is 6.69. The van der Waals surface area contributed by atoms with Gasteiger partial charge in [-0.15, -0.1) is 0 Å². The van der Waals surface area contributed by atoms with E-state index in [1.165, 1.54) is 5.57 Å². The fourth-order valence-corrected chi connectivity index (χ4v) is 4.88.